The maximum atomic E-state index is 12.0. The Hall–Kier alpha value is -1.36. The van der Waals surface area contributed by atoms with Crippen molar-refractivity contribution in [1.82, 2.24) is 5.32 Å². The van der Waals surface area contributed by atoms with Crippen LogP contribution in [0.4, 0.5) is 0 Å². The third-order valence-corrected chi connectivity index (χ3v) is 5.47. The van der Waals surface area contributed by atoms with Gasteiger partial charge in [-0.05, 0) is 35.2 Å². The van der Waals surface area contributed by atoms with E-state index in [4.69, 9.17) is 27.9 Å². The molecule has 1 amide bonds. The molecule has 2 rings (SSSR count). The molecular weight excluding hydrogens is 389 g/mol. The van der Waals surface area contributed by atoms with Gasteiger partial charge in [-0.3, -0.25) is 4.79 Å². The number of thioether (sulfide) groups is 1. The van der Waals surface area contributed by atoms with E-state index in [1.165, 1.54) is 0 Å². The average molecular weight is 412 g/mol. The van der Waals surface area contributed by atoms with Gasteiger partial charge in [0.05, 0.1) is 0 Å². The van der Waals surface area contributed by atoms with Crippen LogP contribution in [0.3, 0.4) is 0 Å². The van der Waals surface area contributed by atoms with Crippen LogP contribution in [0.2, 0.25) is 10.0 Å². The molecule has 0 unspecified atom stereocenters. The highest BCUT2D eigenvalue weighted by molar-refractivity contribution is 7.98. The lowest BCUT2D eigenvalue weighted by Crippen LogP contribution is -2.30. The zero-order chi connectivity index (χ0) is 18.9. The van der Waals surface area contributed by atoms with Crippen molar-refractivity contribution in [3.8, 4) is 5.75 Å². The fourth-order valence-electron chi connectivity index (χ4n) is 2.39. The van der Waals surface area contributed by atoms with Crippen LogP contribution in [0.15, 0.2) is 42.5 Å². The van der Waals surface area contributed by atoms with Crippen molar-refractivity contribution < 1.29 is 9.53 Å². The zero-order valence-corrected chi connectivity index (χ0v) is 17.3. The number of amides is 1. The SMILES string of the molecule is CC(C)c1ccccc1OCC(=O)NCCSCc1c(Cl)cccc1Cl. The van der Waals surface area contributed by atoms with E-state index in [1.54, 1.807) is 11.8 Å². The number of rotatable bonds is 9. The average Bonchev–Trinajstić information content (AvgIpc) is 2.62. The third-order valence-electron chi connectivity index (χ3n) is 3.78. The Morgan fingerprint density at radius 2 is 1.81 bits per heavy atom. The summed E-state index contributed by atoms with van der Waals surface area (Å²) in [5.74, 6) is 2.48. The molecule has 0 spiro atoms. The lowest BCUT2D eigenvalue weighted by atomic mass is 10.0. The van der Waals surface area contributed by atoms with E-state index in [-0.39, 0.29) is 12.5 Å². The van der Waals surface area contributed by atoms with E-state index in [2.05, 4.69) is 19.2 Å². The summed E-state index contributed by atoms with van der Waals surface area (Å²) in [5, 5.41) is 4.21. The normalized spacial score (nSPS) is 10.8. The fraction of sp³-hybridized carbons (Fsp3) is 0.350. The molecule has 2 aromatic carbocycles. The first-order chi connectivity index (χ1) is 12.5. The molecule has 0 atom stereocenters. The predicted molar refractivity (Wildman–Crippen MR) is 112 cm³/mol. The summed E-state index contributed by atoms with van der Waals surface area (Å²) in [6, 6.07) is 13.3. The first-order valence-corrected chi connectivity index (χ1v) is 10.4. The smallest absolute Gasteiger partial charge is 0.257 e. The second-order valence-electron chi connectivity index (χ2n) is 6.08. The predicted octanol–water partition coefficient (Wildman–Crippen LogP) is 5.55. The maximum Gasteiger partial charge on any atom is 0.257 e. The van der Waals surface area contributed by atoms with Gasteiger partial charge in [-0.15, -0.1) is 0 Å². The van der Waals surface area contributed by atoms with Crippen molar-refractivity contribution in [2.24, 2.45) is 0 Å². The highest BCUT2D eigenvalue weighted by Crippen LogP contribution is 2.28. The van der Waals surface area contributed by atoms with Crippen molar-refractivity contribution in [3.63, 3.8) is 0 Å². The lowest BCUT2D eigenvalue weighted by molar-refractivity contribution is -0.122. The van der Waals surface area contributed by atoms with Crippen molar-refractivity contribution in [1.29, 1.82) is 0 Å². The van der Waals surface area contributed by atoms with Crippen LogP contribution in [0.25, 0.3) is 0 Å². The summed E-state index contributed by atoms with van der Waals surface area (Å²) in [5.41, 5.74) is 2.04. The lowest BCUT2D eigenvalue weighted by Gasteiger charge is -2.13. The monoisotopic (exact) mass is 411 g/mol. The largest absolute Gasteiger partial charge is 0.483 e. The van der Waals surface area contributed by atoms with Crippen molar-refractivity contribution in [2.45, 2.75) is 25.5 Å². The van der Waals surface area contributed by atoms with E-state index in [0.717, 1.165) is 22.6 Å². The van der Waals surface area contributed by atoms with Gasteiger partial charge in [0.15, 0.2) is 6.61 Å². The molecule has 0 heterocycles. The molecule has 2 aromatic rings. The fourth-order valence-corrected chi connectivity index (χ4v) is 3.99. The first-order valence-electron chi connectivity index (χ1n) is 8.48. The Labute approximate surface area is 169 Å². The van der Waals surface area contributed by atoms with Crippen LogP contribution in [0.5, 0.6) is 5.75 Å². The summed E-state index contributed by atoms with van der Waals surface area (Å²) in [6.07, 6.45) is 0. The molecule has 0 saturated carbocycles. The first kappa shape index (κ1) is 20.9. The van der Waals surface area contributed by atoms with Crippen LogP contribution in [-0.4, -0.2) is 24.8 Å². The number of halogens is 2. The number of nitrogens with one attached hydrogen (secondary N) is 1. The van der Waals surface area contributed by atoms with Gasteiger partial charge in [-0.2, -0.15) is 11.8 Å². The highest BCUT2D eigenvalue weighted by Gasteiger charge is 2.09. The van der Waals surface area contributed by atoms with Crippen molar-refractivity contribution in [3.05, 3.63) is 63.6 Å². The highest BCUT2D eigenvalue weighted by atomic mass is 35.5. The summed E-state index contributed by atoms with van der Waals surface area (Å²) in [4.78, 5) is 12.0. The van der Waals surface area contributed by atoms with E-state index in [0.29, 0.717) is 28.3 Å². The topological polar surface area (TPSA) is 38.3 Å². The van der Waals surface area contributed by atoms with Gasteiger partial charge >= 0.3 is 0 Å². The molecule has 0 bridgehead atoms. The van der Waals surface area contributed by atoms with Gasteiger partial charge in [0.2, 0.25) is 0 Å². The van der Waals surface area contributed by atoms with Gasteiger partial charge in [-0.25, -0.2) is 0 Å². The molecule has 1 N–H and O–H groups in total. The Morgan fingerprint density at radius 1 is 1.12 bits per heavy atom. The van der Waals surface area contributed by atoms with Crippen LogP contribution < -0.4 is 10.1 Å². The molecule has 6 heteroatoms. The molecule has 0 radical (unpaired) electrons. The Kier molecular flexibility index (Phi) is 8.63. The maximum absolute atomic E-state index is 12.0. The Morgan fingerprint density at radius 3 is 2.50 bits per heavy atom. The van der Waals surface area contributed by atoms with Gasteiger partial charge in [0.25, 0.3) is 5.91 Å². The van der Waals surface area contributed by atoms with Crippen molar-refractivity contribution in [2.75, 3.05) is 18.9 Å². The number of hydrogen-bond acceptors (Lipinski definition) is 3. The minimum absolute atomic E-state index is 0.0186. The standard InChI is InChI=1S/C20H23Cl2NO2S/c1-14(2)15-6-3-4-9-19(15)25-12-20(24)23-10-11-26-13-16-17(21)7-5-8-18(16)22/h3-9,14H,10-13H2,1-2H3,(H,23,24). The Bertz CT molecular complexity index is 717. The van der Waals surface area contributed by atoms with Gasteiger partial charge < -0.3 is 10.1 Å². The van der Waals surface area contributed by atoms with Gasteiger partial charge in [0.1, 0.15) is 5.75 Å². The Balaban J connectivity index is 1.68. The minimum Gasteiger partial charge on any atom is -0.483 e. The summed E-state index contributed by atoms with van der Waals surface area (Å²) >= 11 is 14.0. The van der Waals surface area contributed by atoms with Gasteiger partial charge in [0, 0.05) is 28.1 Å². The number of benzene rings is 2. The van der Waals surface area contributed by atoms with E-state index < -0.39 is 0 Å². The second kappa shape index (κ2) is 10.7. The number of carbonyl (C=O) groups is 1. The summed E-state index contributed by atoms with van der Waals surface area (Å²) in [7, 11) is 0. The number of ether oxygens (including phenoxy) is 1. The zero-order valence-electron chi connectivity index (χ0n) is 14.9. The third kappa shape index (κ3) is 6.42. The molecule has 140 valence electrons. The summed E-state index contributed by atoms with van der Waals surface area (Å²) in [6.45, 7) is 4.79. The summed E-state index contributed by atoms with van der Waals surface area (Å²) < 4.78 is 5.66. The molecule has 0 aliphatic heterocycles. The quantitative estimate of drug-likeness (QED) is 0.549. The molecule has 0 saturated heterocycles. The second-order valence-corrected chi connectivity index (χ2v) is 8.00. The van der Waals surface area contributed by atoms with Gasteiger partial charge in [-0.1, -0.05) is 61.3 Å². The number of carbonyl (C=O) groups excluding carboxylic acids is 1. The van der Waals surface area contributed by atoms with Crippen molar-refractivity contribution >= 4 is 40.9 Å². The molecule has 0 aliphatic carbocycles. The van der Waals surface area contributed by atoms with E-state index >= 15 is 0 Å². The molecule has 0 aromatic heterocycles. The minimum atomic E-state index is -0.125. The van der Waals surface area contributed by atoms with E-state index in [1.807, 2.05) is 42.5 Å². The molecule has 26 heavy (non-hydrogen) atoms. The number of hydrogen-bond donors (Lipinski definition) is 1. The van der Waals surface area contributed by atoms with Crippen LogP contribution in [0.1, 0.15) is 30.9 Å². The molecule has 0 aliphatic rings. The number of para-hydroxylation sites is 1. The molecule has 0 fully saturated rings. The van der Waals surface area contributed by atoms with Crippen LogP contribution in [0, 0.1) is 0 Å². The molecule has 3 nitrogen and oxygen atoms in total. The molecular formula is C20H23Cl2NO2S. The van der Waals surface area contributed by atoms with E-state index in [9.17, 15) is 4.79 Å². The van der Waals surface area contributed by atoms with Crippen LogP contribution >= 0.6 is 35.0 Å². The van der Waals surface area contributed by atoms with Crippen LogP contribution in [-0.2, 0) is 10.5 Å².